The lowest BCUT2D eigenvalue weighted by molar-refractivity contribution is -0.142. The van der Waals surface area contributed by atoms with Crippen LogP contribution in [0.15, 0.2) is 4.99 Å². The lowest BCUT2D eigenvalue weighted by Gasteiger charge is -1.99. The van der Waals surface area contributed by atoms with Crippen molar-refractivity contribution in [3.63, 3.8) is 0 Å². The molecular weight excluding hydrogens is 122 g/mol. The summed E-state index contributed by atoms with van der Waals surface area (Å²) in [5.74, 6) is -0.344. The summed E-state index contributed by atoms with van der Waals surface area (Å²) in [6.45, 7) is 0.312. The number of aliphatic imine (C=N–C) groups is 1. The van der Waals surface area contributed by atoms with Crippen LogP contribution in [0.4, 0.5) is 0 Å². The maximum Gasteiger partial charge on any atom is 0.334 e. The molecule has 0 bridgehead atoms. The first-order valence-electron chi connectivity index (χ1n) is 2.55. The van der Waals surface area contributed by atoms with Crippen molar-refractivity contribution < 1.29 is 14.3 Å². The highest BCUT2D eigenvalue weighted by atomic mass is 16.5. The lowest BCUT2D eigenvalue weighted by Crippen LogP contribution is -2.21. The van der Waals surface area contributed by atoms with Gasteiger partial charge in [-0.05, 0) is 0 Å². The Hall–Kier alpha value is -1.06. The predicted octanol–water partition coefficient (Wildman–Crippen LogP) is -0.414. The zero-order valence-corrected chi connectivity index (χ0v) is 5.03. The minimum Gasteiger partial charge on any atom is -0.481 e. The molecule has 0 fully saturated rings. The number of ether oxygens (including phenoxy) is 2. The van der Waals surface area contributed by atoms with E-state index < -0.39 is 6.04 Å². The van der Waals surface area contributed by atoms with Gasteiger partial charge in [0.25, 0.3) is 0 Å². The third kappa shape index (κ3) is 1.19. The molecule has 50 valence electrons. The van der Waals surface area contributed by atoms with Gasteiger partial charge in [0.2, 0.25) is 0 Å². The second kappa shape index (κ2) is 2.48. The number of nitrogens with zero attached hydrogens (tertiary/aromatic N) is 1. The second-order valence-electron chi connectivity index (χ2n) is 1.63. The predicted molar refractivity (Wildman–Crippen MR) is 30.2 cm³/mol. The Labute approximate surface area is 52.5 Å². The standard InChI is InChI=1S/C5H7NO3/c1-8-5(7)4-2-9-3-6-4/h3-4H,2H2,1H3/t4-/m0/s1. The number of hydrogen-bond acceptors (Lipinski definition) is 4. The van der Waals surface area contributed by atoms with Crippen LogP contribution in [0.1, 0.15) is 0 Å². The van der Waals surface area contributed by atoms with Crippen molar-refractivity contribution in [2.45, 2.75) is 6.04 Å². The van der Waals surface area contributed by atoms with E-state index in [0.717, 1.165) is 0 Å². The summed E-state index contributed by atoms with van der Waals surface area (Å²) in [4.78, 5) is 14.3. The molecule has 1 aliphatic heterocycles. The molecule has 1 heterocycles. The van der Waals surface area contributed by atoms with Gasteiger partial charge in [-0.25, -0.2) is 9.79 Å². The molecule has 1 aliphatic rings. The monoisotopic (exact) mass is 129 g/mol. The Morgan fingerprint density at radius 2 is 2.78 bits per heavy atom. The van der Waals surface area contributed by atoms with E-state index in [-0.39, 0.29) is 5.97 Å². The number of carbonyl (C=O) groups is 1. The summed E-state index contributed by atoms with van der Waals surface area (Å²) < 4.78 is 9.09. The summed E-state index contributed by atoms with van der Waals surface area (Å²) in [6.07, 6.45) is 1.27. The molecule has 9 heavy (non-hydrogen) atoms. The van der Waals surface area contributed by atoms with E-state index in [4.69, 9.17) is 0 Å². The molecule has 0 radical (unpaired) electrons. The van der Waals surface area contributed by atoms with E-state index >= 15 is 0 Å². The number of carbonyl (C=O) groups excluding carboxylic acids is 1. The second-order valence-corrected chi connectivity index (χ2v) is 1.63. The molecule has 0 amide bonds. The molecule has 0 unspecified atom stereocenters. The Kier molecular flexibility index (Phi) is 1.67. The number of methoxy groups -OCH3 is 1. The highest BCUT2D eigenvalue weighted by molar-refractivity contribution is 5.78. The van der Waals surface area contributed by atoms with E-state index in [0.29, 0.717) is 6.61 Å². The fourth-order valence-electron chi connectivity index (χ4n) is 0.559. The van der Waals surface area contributed by atoms with Gasteiger partial charge in [-0.3, -0.25) is 0 Å². The van der Waals surface area contributed by atoms with Gasteiger partial charge in [0.1, 0.15) is 6.61 Å². The van der Waals surface area contributed by atoms with Crippen LogP contribution >= 0.6 is 0 Å². The van der Waals surface area contributed by atoms with E-state index in [9.17, 15) is 4.79 Å². The zero-order valence-electron chi connectivity index (χ0n) is 5.03. The SMILES string of the molecule is COC(=O)[C@@H]1COC=N1. The van der Waals surface area contributed by atoms with Crippen molar-refractivity contribution in [2.75, 3.05) is 13.7 Å². The highest BCUT2D eigenvalue weighted by Gasteiger charge is 2.20. The van der Waals surface area contributed by atoms with Gasteiger partial charge < -0.3 is 9.47 Å². The van der Waals surface area contributed by atoms with Crippen LogP contribution in [0.5, 0.6) is 0 Å². The molecule has 4 nitrogen and oxygen atoms in total. The van der Waals surface area contributed by atoms with Crippen molar-refractivity contribution >= 4 is 12.4 Å². The molecule has 0 aromatic rings. The maximum absolute atomic E-state index is 10.6. The van der Waals surface area contributed by atoms with Gasteiger partial charge in [0, 0.05) is 0 Å². The number of esters is 1. The van der Waals surface area contributed by atoms with E-state index in [1.165, 1.54) is 13.5 Å². The third-order valence-electron chi connectivity index (χ3n) is 1.04. The van der Waals surface area contributed by atoms with Crippen LogP contribution < -0.4 is 0 Å². The minimum absolute atomic E-state index is 0.312. The lowest BCUT2D eigenvalue weighted by atomic mass is 10.3. The van der Waals surface area contributed by atoms with Crippen molar-refractivity contribution in [3.8, 4) is 0 Å². The van der Waals surface area contributed by atoms with Crippen LogP contribution in [0.2, 0.25) is 0 Å². The van der Waals surface area contributed by atoms with Gasteiger partial charge >= 0.3 is 5.97 Å². The first kappa shape index (κ1) is 6.07. The Balaban J connectivity index is 2.43. The Morgan fingerprint density at radius 3 is 3.22 bits per heavy atom. The van der Waals surface area contributed by atoms with Crippen LogP contribution in [-0.4, -0.2) is 32.1 Å². The summed E-state index contributed by atoms with van der Waals surface area (Å²) in [5.41, 5.74) is 0. The smallest absolute Gasteiger partial charge is 0.334 e. The molecule has 1 atom stereocenters. The first-order chi connectivity index (χ1) is 4.34. The molecule has 0 saturated carbocycles. The van der Waals surface area contributed by atoms with Gasteiger partial charge in [0.05, 0.1) is 7.11 Å². The van der Waals surface area contributed by atoms with Crippen molar-refractivity contribution in [1.29, 1.82) is 0 Å². The van der Waals surface area contributed by atoms with E-state index in [2.05, 4.69) is 14.5 Å². The maximum atomic E-state index is 10.6. The van der Waals surface area contributed by atoms with Crippen LogP contribution in [0, 0.1) is 0 Å². The molecule has 0 spiro atoms. The Morgan fingerprint density at radius 1 is 2.00 bits per heavy atom. The fourth-order valence-corrected chi connectivity index (χ4v) is 0.559. The van der Waals surface area contributed by atoms with Gasteiger partial charge in [-0.2, -0.15) is 0 Å². The summed E-state index contributed by atoms with van der Waals surface area (Å²) >= 11 is 0. The minimum atomic E-state index is -0.435. The normalized spacial score (nSPS) is 23.4. The molecule has 0 saturated heterocycles. The molecule has 0 N–H and O–H groups in total. The van der Waals surface area contributed by atoms with Gasteiger partial charge in [-0.1, -0.05) is 0 Å². The Bertz CT molecular complexity index is 143. The molecule has 0 aromatic carbocycles. The first-order valence-corrected chi connectivity index (χ1v) is 2.55. The van der Waals surface area contributed by atoms with Crippen molar-refractivity contribution in [3.05, 3.63) is 0 Å². The van der Waals surface area contributed by atoms with Gasteiger partial charge in [0.15, 0.2) is 12.4 Å². The van der Waals surface area contributed by atoms with E-state index in [1.54, 1.807) is 0 Å². The summed E-state index contributed by atoms with van der Waals surface area (Å²) in [7, 11) is 1.33. The molecule has 1 rings (SSSR count). The quantitative estimate of drug-likeness (QED) is 0.452. The van der Waals surface area contributed by atoms with Crippen LogP contribution in [-0.2, 0) is 14.3 Å². The summed E-state index contributed by atoms with van der Waals surface area (Å²) in [5, 5.41) is 0. The largest absolute Gasteiger partial charge is 0.481 e. The highest BCUT2D eigenvalue weighted by Crippen LogP contribution is 1.99. The number of rotatable bonds is 1. The molecule has 0 aliphatic carbocycles. The zero-order chi connectivity index (χ0) is 6.69. The van der Waals surface area contributed by atoms with Gasteiger partial charge in [-0.15, -0.1) is 0 Å². The number of hydrogen-bond donors (Lipinski definition) is 0. The van der Waals surface area contributed by atoms with Crippen LogP contribution in [0.3, 0.4) is 0 Å². The van der Waals surface area contributed by atoms with Crippen LogP contribution in [0.25, 0.3) is 0 Å². The third-order valence-corrected chi connectivity index (χ3v) is 1.04. The van der Waals surface area contributed by atoms with Crippen molar-refractivity contribution in [2.24, 2.45) is 4.99 Å². The topological polar surface area (TPSA) is 47.9 Å². The van der Waals surface area contributed by atoms with E-state index in [1.807, 2.05) is 0 Å². The molecule has 4 heteroatoms. The van der Waals surface area contributed by atoms with Crippen molar-refractivity contribution in [1.82, 2.24) is 0 Å². The molecule has 0 aromatic heterocycles. The summed E-state index contributed by atoms with van der Waals surface area (Å²) in [6, 6.07) is -0.435. The average Bonchev–Trinajstić information content (AvgIpc) is 2.37. The average molecular weight is 129 g/mol. The molecular formula is C5H7NO3. The fraction of sp³-hybridized carbons (Fsp3) is 0.600.